The number of sulfonamides is 1. The minimum atomic E-state index is -3.65. The zero-order valence-corrected chi connectivity index (χ0v) is 19.4. The van der Waals surface area contributed by atoms with E-state index in [4.69, 9.17) is 4.74 Å². The smallest absolute Gasteiger partial charge is 0.264 e. The van der Waals surface area contributed by atoms with Gasteiger partial charge in [-0.2, -0.15) is 0 Å². The highest BCUT2D eigenvalue weighted by Gasteiger charge is 2.20. The molecule has 0 aliphatic carbocycles. The van der Waals surface area contributed by atoms with Crippen LogP contribution in [0.3, 0.4) is 0 Å². The Kier molecular flexibility index (Phi) is 7.53. The molecule has 0 spiro atoms. The number of carbonyl (C=O) groups is 1. The molecule has 6 nitrogen and oxygen atoms in total. The third-order valence-electron chi connectivity index (χ3n) is 5.24. The third kappa shape index (κ3) is 5.29. The number of carbonyl (C=O) groups excluding carboxylic acids is 1. The van der Waals surface area contributed by atoms with Crippen molar-refractivity contribution in [1.82, 2.24) is 0 Å². The van der Waals surface area contributed by atoms with Crippen molar-refractivity contribution in [2.45, 2.75) is 31.6 Å². The number of anilines is 2. The number of para-hydroxylation sites is 1. The largest absolute Gasteiger partial charge is 0.484 e. The Balaban J connectivity index is 1.64. The van der Waals surface area contributed by atoms with Crippen molar-refractivity contribution in [3.05, 3.63) is 83.9 Å². The van der Waals surface area contributed by atoms with Crippen LogP contribution in [0.4, 0.5) is 11.4 Å². The lowest BCUT2D eigenvalue weighted by Crippen LogP contribution is -2.26. The van der Waals surface area contributed by atoms with Gasteiger partial charge in [-0.15, -0.1) is 0 Å². The molecule has 168 valence electrons. The van der Waals surface area contributed by atoms with Gasteiger partial charge >= 0.3 is 0 Å². The third-order valence-corrected chi connectivity index (χ3v) is 7.03. The van der Waals surface area contributed by atoms with Gasteiger partial charge in [0.15, 0.2) is 6.61 Å². The predicted molar refractivity (Wildman–Crippen MR) is 128 cm³/mol. The fourth-order valence-corrected chi connectivity index (χ4v) is 4.59. The maximum atomic E-state index is 12.8. The number of hydrogen-bond acceptors (Lipinski definition) is 4. The van der Waals surface area contributed by atoms with Crippen molar-refractivity contribution in [2.24, 2.45) is 0 Å². The summed E-state index contributed by atoms with van der Waals surface area (Å²) in [6.07, 6.45) is 1.65. The number of aryl methyl sites for hydroxylation is 2. The van der Waals surface area contributed by atoms with Gasteiger partial charge in [0.2, 0.25) is 0 Å². The van der Waals surface area contributed by atoms with Gasteiger partial charge in [-0.1, -0.05) is 50.2 Å². The standard InChI is InChI=1S/C25H28N2O4S/c1-4-19-10-9-11-20(5-2)25(19)26-24(28)18-31-22-16-14-21(15-17-22)27(3)32(29,30)23-12-7-6-8-13-23/h6-17H,4-5,18H2,1-3H3,(H,26,28). The first-order chi connectivity index (χ1) is 15.4. The van der Waals surface area contributed by atoms with E-state index in [9.17, 15) is 13.2 Å². The van der Waals surface area contributed by atoms with Crippen LogP contribution in [-0.4, -0.2) is 28.0 Å². The number of nitrogens with one attached hydrogen (secondary N) is 1. The van der Waals surface area contributed by atoms with Gasteiger partial charge in [-0.05, 0) is 60.4 Å². The molecule has 0 heterocycles. The summed E-state index contributed by atoms with van der Waals surface area (Å²) in [5.41, 5.74) is 3.53. The van der Waals surface area contributed by atoms with Crippen LogP contribution in [0.1, 0.15) is 25.0 Å². The van der Waals surface area contributed by atoms with Crippen LogP contribution < -0.4 is 14.4 Å². The summed E-state index contributed by atoms with van der Waals surface area (Å²) in [7, 11) is -2.15. The predicted octanol–water partition coefficient (Wildman–Crippen LogP) is 4.65. The zero-order valence-electron chi connectivity index (χ0n) is 18.5. The molecule has 0 radical (unpaired) electrons. The van der Waals surface area contributed by atoms with Crippen LogP contribution in [0.5, 0.6) is 5.75 Å². The topological polar surface area (TPSA) is 75.7 Å². The summed E-state index contributed by atoms with van der Waals surface area (Å²) < 4.78 is 32.3. The first kappa shape index (κ1) is 23.3. The molecule has 1 N–H and O–H groups in total. The summed E-state index contributed by atoms with van der Waals surface area (Å²) in [6.45, 7) is 3.97. The van der Waals surface area contributed by atoms with Gasteiger partial charge in [0, 0.05) is 12.7 Å². The van der Waals surface area contributed by atoms with Crippen LogP contribution in [0.25, 0.3) is 0 Å². The molecule has 0 aliphatic rings. The Labute approximate surface area is 189 Å². The summed E-state index contributed by atoms with van der Waals surface area (Å²) >= 11 is 0. The maximum Gasteiger partial charge on any atom is 0.264 e. The lowest BCUT2D eigenvalue weighted by Gasteiger charge is -2.20. The second-order valence-electron chi connectivity index (χ2n) is 7.27. The molecule has 32 heavy (non-hydrogen) atoms. The number of ether oxygens (including phenoxy) is 1. The number of nitrogens with zero attached hydrogens (tertiary/aromatic N) is 1. The van der Waals surface area contributed by atoms with Gasteiger partial charge in [0.05, 0.1) is 10.6 Å². The second-order valence-corrected chi connectivity index (χ2v) is 9.24. The molecule has 0 unspecified atom stereocenters. The van der Waals surface area contributed by atoms with E-state index >= 15 is 0 Å². The van der Waals surface area contributed by atoms with Crippen LogP contribution in [0.2, 0.25) is 0 Å². The molecule has 0 fully saturated rings. The van der Waals surface area contributed by atoms with Crippen LogP contribution >= 0.6 is 0 Å². The SMILES string of the molecule is CCc1cccc(CC)c1NC(=O)COc1ccc(N(C)S(=O)(=O)c2ccccc2)cc1. The quantitative estimate of drug-likeness (QED) is 0.513. The molecule has 3 aromatic rings. The Morgan fingerprint density at radius 1 is 0.875 bits per heavy atom. The van der Waals surface area contributed by atoms with Crippen molar-refractivity contribution in [3.63, 3.8) is 0 Å². The lowest BCUT2D eigenvalue weighted by molar-refractivity contribution is -0.118. The molecule has 0 atom stereocenters. The monoisotopic (exact) mass is 452 g/mol. The van der Waals surface area contributed by atoms with Crippen LogP contribution in [-0.2, 0) is 27.7 Å². The van der Waals surface area contributed by atoms with E-state index in [0.717, 1.165) is 29.7 Å². The van der Waals surface area contributed by atoms with Crippen molar-refractivity contribution < 1.29 is 17.9 Å². The fraction of sp³-hybridized carbons (Fsp3) is 0.240. The molecule has 3 rings (SSSR count). The fourth-order valence-electron chi connectivity index (χ4n) is 3.37. The Hall–Kier alpha value is -3.32. The molecular weight excluding hydrogens is 424 g/mol. The van der Waals surface area contributed by atoms with Crippen molar-refractivity contribution >= 4 is 27.3 Å². The van der Waals surface area contributed by atoms with E-state index in [1.807, 2.05) is 18.2 Å². The molecule has 0 saturated carbocycles. The van der Waals surface area contributed by atoms with Crippen molar-refractivity contribution in [3.8, 4) is 5.75 Å². The number of hydrogen-bond donors (Lipinski definition) is 1. The van der Waals surface area contributed by atoms with Crippen LogP contribution in [0, 0.1) is 0 Å². The van der Waals surface area contributed by atoms with Crippen LogP contribution in [0.15, 0.2) is 77.7 Å². The second kappa shape index (κ2) is 10.3. The Morgan fingerprint density at radius 3 is 2.03 bits per heavy atom. The van der Waals surface area contributed by atoms with Gasteiger partial charge in [-0.25, -0.2) is 8.42 Å². The lowest BCUT2D eigenvalue weighted by atomic mass is 10.0. The van der Waals surface area contributed by atoms with E-state index in [-0.39, 0.29) is 17.4 Å². The molecule has 7 heteroatoms. The Morgan fingerprint density at radius 2 is 1.47 bits per heavy atom. The van der Waals surface area contributed by atoms with E-state index in [1.54, 1.807) is 54.6 Å². The normalized spacial score (nSPS) is 11.1. The molecule has 0 bridgehead atoms. The van der Waals surface area contributed by atoms with E-state index in [0.29, 0.717) is 11.4 Å². The molecular formula is C25H28N2O4S. The maximum absolute atomic E-state index is 12.8. The Bertz CT molecular complexity index is 1140. The summed E-state index contributed by atoms with van der Waals surface area (Å²) in [4.78, 5) is 12.7. The minimum absolute atomic E-state index is 0.140. The summed E-state index contributed by atoms with van der Waals surface area (Å²) in [5, 5.41) is 2.97. The summed E-state index contributed by atoms with van der Waals surface area (Å²) in [5.74, 6) is 0.238. The summed E-state index contributed by atoms with van der Waals surface area (Å²) in [6, 6.07) is 20.9. The first-order valence-electron chi connectivity index (χ1n) is 10.5. The average molecular weight is 453 g/mol. The highest BCUT2D eigenvalue weighted by Crippen LogP contribution is 2.25. The minimum Gasteiger partial charge on any atom is -0.484 e. The van der Waals surface area contributed by atoms with E-state index in [1.165, 1.54) is 11.4 Å². The van der Waals surface area contributed by atoms with Gasteiger partial charge in [-0.3, -0.25) is 9.10 Å². The number of amides is 1. The molecule has 3 aromatic carbocycles. The molecule has 1 amide bonds. The van der Waals surface area contributed by atoms with Gasteiger partial charge < -0.3 is 10.1 Å². The molecule has 0 aliphatic heterocycles. The highest BCUT2D eigenvalue weighted by molar-refractivity contribution is 7.92. The number of benzene rings is 3. The molecule has 0 aromatic heterocycles. The van der Waals surface area contributed by atoms with Gasteiger partial charge in [0.1, 0.15) is 5.75 Å². The van der Waals surface area contributed by atoms with Crippen molar-refractivity contribution in [1.29, 1.82) is 0 Å². The molecule has 0 saturated heterocycles. The van der Waals surface area contributed by atoms with E-state index in [2.05, 4.69) is 19.2 Å². The first-order valence-corrected chi connectivity index (χ1v) is 12.0. The van der Waals surface area contributed by atoms with Crippen molar-refractivity contribution in [2.75, 3.05) is 23.3 Å². The van der Waals surface area contributed by atoms with Gasteiger partial charge in [0.25, 0.3) is 15.9 Å². The average Bonchev–Trinajstić information content (AvgIpc) is 2.83. The number of rotatable bonds is 9. The highest BCUT2D eigenvalue weighted by atomic mass is 32.2. The van der Waals surface area contributed by atoms with E-state index < -0.39 is 10.0 Å². The zero-order chi connectivity index (χ0) is 23.1.